The second kappa shape index (κ2) is 7.01. The molecule has 6 heteroatoms. The average Bonchev–Trinajstić information content (AvgIpc) is 2.31. The Kier molecular flexibility index (Phi) is 5.62. The number of halogens is 2. The third-order valence-corrected chi connectivity index (χ3v) is 2.23. The van der Waals surface area contributed by atoms with E-state index in [0.29, 0.717) is 13.2 Å². The number of rotatable bonds is 7. The number of hydrogen-bond donors (Lipinski definition) is 2. The molecule has 0 bridgehead atoms. The highest BCUT2D eigenvalue weighted by Gasteiger charge is 2.10. The minimum Gasteiger partial charge on any atom is -0.385 e. The van der Waals surface area contributed by atoms with Crippen molar-refractivity contribution in [1.82, 2.24) is 4.98 Å². The molecule has 0 aliphatic heterocycles. The van der Waals surface area contributed by atoms with Gasteiger partial charge < -0.3 is 15.4 Å². The zero-order valence-corrected chi connectivity index (χ0v) is 10.0. The van der Waals surface area contributed by atoms with Crippen LogP contribution in [0.4, 0.5) is 20.4 Å². The van der Waals surface area contributed by atoms with Gasteiger partial charge in [-0.2, -0.15) is 0 Å². The molecule has 0 spiro atoms. The fraction of sp³-hybridized carbons (Fsp3) is 0.545. The number of hydrogen-bond acceptors (Lipinski definition) is 4. The second-order valence-corrected chi connectivity index (χ2v) is 3.53. The molecule has 0 aliphatic carbocycles. The van der Waals surface area contributed by atoms with Crippen LogP contribution < -0.4 is 10.6 Å². The lowest BCUT2D eigenvalue weighted by atomic mass is 10.3. The Labute approximate surface area is 99.4 Å². The highest BCUT2D eigenvalue weighted by molar-refractivity contribution is 5.47. The van der Waals surface area contributed by atoms with Crippen LogP contribution >= 0.6 is 0 Å². The molecule has 0 saturated heterocycles. The second-order valence-electron chi connectivity index (χ2n) is 3.53. The van der Waals surface area contributed by atoms with Gasteiger partial charge in [0.15, 0.2) is 23.3 Å². The Morgan fingerprint density at radius 3 is 2.59 bits per heavy atom. The van der Waals surface area contributed by atoms with Gasteiger partial charge in [0, 0.05) is 33.4 Å². The molecule has 0 fully saturated rings. The Balaban J connectivity index is 2.52. The smallest absolute Gasteiger partial charge is 0.168 e. The van der Waals surface area contributed by atoms with E-state index in [1.807, 2.05) is 0 Å². The summed E-state index contributed by atoms with van der Waals surface area (Å²) >= 11 is 0. The van der Waals surface area contributed by atoms with Crippen LogP contribution in [-0.2, 0) is 4.74 Å². The van der Waals surface area contributed by atoms with Crippen molar-refractivity contribution in [3.05, 3.63) is 17.7 Å². The van der Waals surface area contributed by atoms with E-state index in [2.05, 4.69) is 15.6 Å². The molecule has 1 aromatic heterocycles. The van der Waals surface area contributed by atoms with E-state index < -0.39 is 11.6 Å². The molecule has 1 aromatic rings. The third kappa shape index (κ3) is 4.14. The van der Waals surface area contributed by atoms with Gasteiger partial charge in [-0.05, 0) is 12.8 Å². The number of anilines is 2. The monoisotopic (exact) mass is 245 g/mol. The topological polar surface area (TPSA) is 46.2 Å². The van der Waals surface area contributed by atoms with Crippen LogP contribution in [0.2, 0.25) is 0 Å². The zero-order valence-electron chi connectivity index (χ0n) is 10.0. The number of aromatic nitrogens is 1. The number of methoxy groups -OCH3 is 1. The van der Waals surface area contributed by atoms with E-state index in [1.54, 1.807) is 7.11 Å². The molecule has 0 radical (unpaired) electrons. The van der Waals surface area contributed by atoms with Crippen molar-refractivity contribution in [2.75, 3.05) is 37.9 Å². The standard InChI is InChI=1S/C11H17F2N3O/c1-14-10-8(12)7-9(13)11(16-10)15-5-3-4-6-17-2/h7H,3-6H2,1-2H3,(H2,14,15,16). The molecule has 0 aliphatic rings. The summed E-state index contributed by atoms with van der Waals surface area (Å²) in [6.45, 7) is 1.24. The largest absolute Gasteiger partial charge is 0.385 e. The number of ether oxygens (including phenoxy) is 1. The number of nitrogens with zero attached hydrogens (tertiary/aromatic N) is 1. The lowest BCUT2D eigenvalue weighted by Gasteiger charge is -2.09. The van der Waals surface area contributed by atoms with Gasteiger partial charge in [0.25, 0.3) is 0 Å². The van der Waals surface area contributed by atoms with Gasteiger partial charge in [0.05, 0.1) is 0 Å². The molecular weight excluding hydrogens is 228 g/mol. The fourth-order valence-corrected chi connectivity index (χ4v) is 1.34. The Bertz CT molecular complexity index is 361. The predicted octanol–water partition coefficient (Wildman–Crippen LogP) is 2.24. The van der Waals surface area contributed by atoms with Crippen molar-refractivity contribution < 1.29 is 13.5 Å². The number of pyridine rings is 1. The molecule has 2 N–H and O–H groups in total. The Morgan fingerprint density at radius 1 is 1.24 bits per heavy atom. The quantitative estimate of drug-likeness (QED) is 0.723. The first-order valence-electron chi connectivity index (χ1n) is 5.45. The summed E-state index contributed by atoms with van der Waals surface area (Å²) < 4.78 is 31.3. The van der Waals surface area contributed by atoms with Crippen molar-refractivity contribution in [3.8, 4) is 0 Å². The zero-order chi connectivity index (χ0) is 12.7. The van der Waals surface area contributed by atoms with Crippen molar-refractivity contribution in [1.29, 1.82) is 0 Å². The van der Waals surface area contributed by atoms with Crippen molar-refractivity contribution in [2.24, 2.45) is 0 Å². The first kappa shape index (κ1) is 13.6. The third-order valence-electron chi connectivity index (χ3n) is 2.23. The van der Waals surface area contributed by atoms with Crippen molar-refractivity contribution in [2.45, 2.75) is 12.8 Å². The average molecular weight is 245 g/mol. The van der Waals surface area contributed by atoms with Crippen LogP contribution in [0.1, 0.15) is 12.8 Å². The first-order valence-corrected chi connectivity index (χ1v) is 5.45. The molecule has 17 heavy (non-hydrogen) atoms. The van der Waals surface area contributed by atoms with Crippen LogP contribution in [0, 0.1) is 11.6 Å². The first-order chi connectivity index (χ1) is 8.19. The van der Waals surface area contributed by atoms with Crippen LogP contribution in [-0.4, -0.2) is 32.3 Å². The normalized spacial score (nSPS) is 10.4. The van der Waals surface area contributed by atoms with E-state index in [1.165, 1.54) is 7.05 Å². The minimum absolute atomic E-state index is 0.0331. The molecule has 0 saturated carbocycles. The maximum atomic E-state index is 13.3. The molecule has 0 aromatic carbocycles. The summed E-state index contributed by atoms with van der Waals surface area (Å²) in [6, 6.07) is 0.816. The maximum Gasteiger partial charge on any atom is 0.168 e. The van der Waals surface area contributed by atoms with Crippen LogP contribution in [0.15, 0.2) is 6.07 Å². The summed E-state index contributed by atoms with van der Waals surface area (Å²) in [6.07, 6.45) is 1.71. The van der Waals surface area contributed by atoms with Gasteiger partial charge in [-0.15, -0.1) is 0 Å². The molecule has 1 heterocycles. The highest BCUT2D eigenvalue weighted by Crippen LogP contribution is 2.18. The van der Waals surface area contributed by atoms with Gasteiger partial charge in [-0.3, -0.25) is 0 Å². The summed E-state index contributed by atoms with van der Waals surface area (Å²) in [7, 11) is 3.17. The van der Waals surface area contributed by atoms with Gasteiger partial charge >= 0.3 is 0 Å². The van der Waals surface area contributed by atoms with Crippen molar-refractivity contribution >= 4 is 11.6 Å². The fourth-order valence-electron chi connectivity index (χ4n) is 1.34. The number of unbranched alkanes of at least 4 members (excludes halogenated alkanes) is 1. The summed E-state index contributed by atoms with van der Waals surface area (Å²) in [4.78, 5) is 3.80. The number of nitrogens with one attached hydrogen (secondary N) is 2. The molecule has 0 amide bonds. The molecule has 0 atom stereocenters. The molecular formula is C11H17F2N3O. The molecule has 0 unspecified atom stereocenters. The molecule has 96 valence electrons. The van der Waals surface area contributed by atoms with Crippen LogP contribution in [0.25, 0.3) is 0 Å². The Hall–Kier alpha value is -1.43. The lowest BCUT2D eigenvalue weighted by molar-refractivity contribution is 0.193. The van der Waals surface area contributed by atoms with Crippen LogP contribution in [0.3, 0.4) is 0 Å². The summed E-state index contributed by atoms with van der Waals surface area (Å²) in [5.41, 5.74) is 0. The van der Waals surface area contributed by atoms with E-state index in [9.17, 15) is 8.78 Å². The van der Waals surface area contributed by atoms with Gasteiger partial charge in [0.2, 0.25) is 0 Å². The summed E-state index contributed by atoms with van der Waals surface area (Å²) in [5, 5.41) is 5.39. The van der Waals surface area contributed by atoms with Crippen LogP contribution in [0.5, 0.6) is 0 Å². The molecule has 1 rings (SSSR count). The van der Waals surface area contributed by atoms with Crippen molar-refractivity contribution in [3.63, 3.8) is 0 Å². The lowest BCUT2D eigenvalue weighted by Crippen LogP contribution is -2.09. The van der Waals surface area contributed by atoms with Gasteiger partial charge in [-0.25, -0.2) is 13.8 Å². The SMILES string of the molecule is CNc1nc(NCCCCOC)c(F)cc1F. The minimum atomic E-state index is -0.699. The van der Waals surface area contributed by atoms with Gasteiger partial charge in [-0.1, -0.05) is 0 Å². The van der Waals surface area contributed by atoms with Gasteiger partial charge in [0.1, 0.15) is 0 Å². The van der Waals surface area contributed by atoms with E-state index >= 15 is 0 Å². The van der Waals surface area contributed by atoms with E-state index in [-0.39, 0.29) is 11.6 Å². The van der Waals surface area contributed by atoms with E-state index in [0.717, 1.165) is 18.9 Å². The highest BCUT2D eigenvalue weighted by atomic mass is 19.1. The predicted molar refractivity (Wildman–Crippen MR) is 63.3 cm³/mol. The van der Waals surface area contributed by atoms with E-state index in [4.69, 9.17) is 4.74 Å². The summed E-state index contributed by atoms with van der Waals surface area (Å²) in [5.74, 6) is -1.29. The maximum absolute atomic E-state index is 13.3. The Morgan fingerprint density at radius 2 is 1.94 bits per heavy atom. The molecule has 4 nitrogen and oxygen atoms in total.